The van der Waals surface area contributed by atoms with Crippen LogP contribution in [0.15, 0.2) is 0 Å². The number of unbranched alkanes of at least 4 members (excludes halogenated alkanes) is 1. The molecule has 1 atom stereocenters. The van der Waals surface area contributed by atoms with Crippen LogP contribution in [0.3, 0.4) is 0 Å². The zero-order chi connectivity index (χ0) is 16.0. The summed E-state index contributed by atoms with van der Waals surface area (Å²) in [5.41, 5.74) is 4.85. The molecule has 4 N–H and O–H groups in total. The third-order valence-corrected chi connectivity index (χ3v) is 2.48. The van der Waals surface area contributed by atoms with Gasteiger partial charge in [-0.2, -0.15) is 0 Å². The zero-order valence-electron chi connectivity index (χ0n) is 12.6. The van der Waals surface area contributed by atoms with Crippen molar-refractivity contribution in [2.45, 2.75) is 38.6 Å². The molecule has 0 rings (SSSR count). The number of carboxylic acids is 1. The Morgan fingerprint density at radius 3 is 2.25 bits per heavy atom. The fourth-order valence-electron chi connectivity index (χ4n) is 1.31. The van der Waals surface area contributed by atoms with E-state index in [2.05, 4.69) is 5.32 Å². The molecule has 118 valence electrons. The maximum atomic E-state index is 10.6. The van der Waals surface area contributed by atoms with Gasteiger partial charge in [0.25, 0.3) is 0 Å². The average Bonchev–Trinajstić information content (AvgIpc) is 2.33. The van der Waals surface area contributed by atoms with E-state index in [1.165, 1.54) is 6.92 Å². The summed E-state index contributed by atoms with van der Waals surface area (Å²) in [4.78, 5) is 32.6. The molecule has 0 aromatic heterocycles. The summed E-state index contributed by atoms with van der Waals surface area (Å²) in [5.74, 6) is -0.831. The molecule has 0 bridgehead atoms. The van der Waals surface area contributed by atoms with Crippen molar-refractivity contribution in [2.24, 2.45) is 5.73 Å². The zero-order valence-corrected chi connectivity index (χ0v) is 12.6. The molecule has 7 heteroatoms. The smallest absolute Gasteiger partial charge is 0.304 e. The molecule has 1 amide bonds. The molecule has 0 fully saturated rings. The quantitative estimate of drug-likeness (QED) is 0.236. The molecule has 0 aromatic rings. The lowest BCUT2D eigenvalue weighted by molar-refractivity contribution is -0.136. The second-order valence-corrected chi connectivity index (χ2v) is 4.58. The molecule has 0 aromatic carbocycles. The number of nitrogens with two attached hydrogens (primary N) is 1. The maximum Gasteiger partial charge on any atom is 0.304 e. The van der Waals surface area contributed by atoms with E-state index >= 15 is 0 Å². The summed E-state index contributed by atoms with van der Waals surface area (Å²) in [7, 11) is 3.79. The number of aliphatic carboxylic acids is 1. The van der Waals surface area contributed by atoms with Crippen molar-refractivity contribution in [2.75, 3.05) is 27.2 Å². The lowest BCUT2D eigenvalue weighted by Gasteiger charge is -2.17. The summed E-state index contributed by atoms with van der Waals surface area (Å²) in [6.07, 6.45) is 3.79. The van der Waals surface area contributed by atoms with Crippen LogP contribution in [0.1, 0.15) is 32.6 Å². The van der Waals surface area contributed by atoms with Gasteiger partial charge in [0.1, 0.15) is 6.29 Å². The van der Waals surface area contributed by atoms with E-state index in [-0.39, 0.29) is 24.9 Å². The first-order valence-corrected chi connectivity index (χ1v) is 6.63. The van der Waals surface area contributed by atoms with Gasteiger partial charge in [-0.05, 0) is 33.4 Å². The molecule has 0 aliphatic carbocycles. The second-order valence-electron chi connectivity index (χ2n) is 4.58. The fourth-order valence-corrected chi connectivity index (χ4v) is 1.31. The highest BCUT2D eigenvalue weighted by atomic mass is 16.4. The van der Waals surface area contributed by atoms with Gasteiger partial charge in [0.05, 0.1) is 12.5 Å². The minimum absolute atomic E-state index is 0.00421. The van der Waals surface area contributed by atoms with E-state index in [1.807, 2.05) is 19.0 Å². The Balaban J connectivity index is 0. The highest BCUT2D eigenvalue weighted by Gasteiger charge is 2.08. The van der Waals surface area contributed by atoms with Crippen LogP contribution in [0, 0.1) is 0 Å². The van der Waals surface area contributed by atoms with Crippen LogP contribution >= 0.6 is 0 Å². The summed E-state index contributed by atoms with van der Waals surface area (Å²) in [6.45, 7) is 2.44. The predicted octanol–water partition coefficient (Wildman–Crippen LogP) is -0.158. The Kier molecular flexibility index (Phi) is 14.5. The largest absolute Gasteiger partial charge is 0.481 e. The lowest BCUT2D eigenvalue weighted by Crippen LogP contribution is -2.29. The highest BCUT2D eigenvalue weighted by Crippen LogP contribution is 2.02. The molecule has 0 radical (unpaired) electrons. The van der Waals surface area contributed by atoms with E-state index < -0.39 is 5.97 Å². The van der Waals surface area contributed by atoms with Gasteiger partial charge in [0.2, 0.25) is 5.91 Å². The molecule has 0 spiro atoms. The van der Waals surface area contributed by atoms with Crippen LogP contribution < -0.4 is 11.1 Å². The van der Waals surface area contributed by atoms with Gasteiger partial charge in [-0.3, -0.25) is 9.59 Å². The standard InChI is InChI=1S/C10H20N2O2.C3H7NO2/c1-9(14)11-7-5-4-6-10(8-13)12(2)3;4-2-1-3(5)6/h8,10H,4-7H2,1-3H3,(H,11,14);1-2,4H2,(H,5,6)/i1+1,9+1;2+1,4+1. The maximum absolute atomic E-state index is 10.6. The Hall–Kier alpha value is -1.47. The molecular weight excluding hydrogens is 266 g/mol. The molecular formula is C13H27N3O4. The van der Waals surface area contributed by atoms with Gasteiger partial charge in [-0.15, -0.1) is 0 Å². The lowest BCUT2D eigenvalue weighted by atomic mass is 10.1. The number of amides is 1. The number of nitrogens with one attached hydrogen (secondary N) is 1. The number of hydrogen-bond acceptors (Lipinski definition) is 5. The SMILES string of the molecule is CN(C)C(C=O)CCCCN[13C]([13CH3])=O.[15NH2][13CH2]CC(=O)O. The van der Waals surface area contributed by atoms with Crippen LogP contribution in [-0.2, 0) is 14.4 Å². The monoisotopic (exact) mass is 293 g/mol. The summed E-state index contributed by atoms with van der Waals surface area (Å²) in [5, 5.41) is 10.6. The van der Waals surface area contributed by atoms with Crippen LogP contribution in [-0.4, -0.2) is 61.4 Å². The first-order valence-electron chi connectivity index (χ1n) is 6.63. The van der Waals surface area contributed by atoms with Crippen molar-refractivity contribution >= 4 is 18.2 Å². The Morgan fingerprint density at radius 2 is 1.95 bits per heavy atom. The number of aldehydes is 1. The Labute approximate surface area is 120 Å². The number of carboxylic acid groups (broad SMARTS) is 1. The van der Waals surface area contributed by atoms with Crippen molar-refractivity contribution < 1.29 is 19.5 Å². The molecule has 0 aliphatic heterocycles. The fraction of sp³-hybridized carbons (Fsp3) is 0.769. The van der Waals surface area contributed by atoms with Gasteiger partial charge in [0, 0.05) is 20.0 Å². The van der Waals surface area contributed by atoms with Crippen molar-refractivity contribution in [3.63, 3.8) is 0 Å². The summed E-state index contributed by atoms with van der Waals surface area (Å²) < 4.78 is 0. The van der Waals surface area contributed by atoms with Gasteiger partial charge < -0.3 is 25.9 Å². The third kappa shape index (κ3) is 16.5. The highest BCUT2D eigenvalue weighted by molar-refractivity contribution is 5.72. The average molecular weight is 293 g/mol. The van der Waals surface area contributed by atoms with Crippen LogP contribution in [0.25, 0.3) is 0 Å². The Morgan fingerprint density at radius 1 is 1.35 bits per heavy atom. The summed E-state index contributed by atoms with van der Waals surface area (Å²) in [6, 6.07) is 0.00679. The number of hydrogen-bond donors (Lipinski definition) is 3. The van der Waals surface area contributed by atoms with E-state index in [9.17, 15) is 14.4 Å². The van der Waals surface area contributed by atoms with Crippen molar-refractivity contribution in [1.82, 2.24) is 10.2 Å². The first-order chi connectivity index (χ1) is 9.34. The van der Waals surface area contributed by atoms with Crippen molar-refractivity contribution in [1.29, 1.82) is 0 Å². The third-order valence-electron chi connectivity index (χ3n) is 2.48. The molecule has 7 nitrogen and oxygen atoms in total. The van der Waals surface area contributed by atoms with E-state index in [0.717, 1.165) is 25.5 Å². The van der Waals surface area contributed by atoms with Crippen molar-refractivity contribution in [3.05, 3.63) is 0 Å². The second kappa shape index (κ2) is 14.0. The normalized spacial score (nSPS) is 11.2. The molecule has 1 unspecified atom stereocenters. The number of rotatable bonds is 9. The number of nitrogens with zero attached hydrogens (tertiary/aromatic N) is 1. The summed E-state index contributed by atoms with van der Waals surface area (Å²) >= 11 is 0. The minimum atomic E-state index is -0.836. The van der Waals surface area contributed by atoms with E-state index in [0.29, 0.717) is 6.54 Å². The van der Waals surface area contributed by atoms with Gasteiger partial charge >= 0.3 is 5.97 Å². The molecule has 0 saturated carbocycles. The van der Waals surface area contributed by atoms with E-state index in [4.69, 9.17) is 10.8 Å². The van der Waals surface area contributed by atoms with Crippen LogP contribution in [0.2, 0.25) is 0 Å². The minimum Gasteiger partial charge on any atom is -0.481 e. The van der Waals surface area contributed by atoms with Gasteiger partial charge in [-0.25, -0.2) is 0 Å². The van der Waals surface area contributed by atoms with Crippen LogP contribution in [0.4, 0.5) is 0 Å². The Bertz CT molecular complexity index is 283. The van der Waals surface area contributed by atoms with Crippen LogP contribution in [0.5, 0.6) is 0 Å². The van der Waals surface area contributed by atoms with Gasteiger partial charge in [-0.1, -0.05) is 0 Å². The van der Waals surface area contributed by atoms with E-state index in [1.54, 1.807) is 0 Å². The number of likely N-dealkylation sites (N-methyl/N-ethyl adjacent to an activating group) is 1. The predicted molar refractivity (Wildman–Crippen MR) is 77.4 cm³/mol. The molecule has 0 saturated heterocycles. The topological polar surface area (TPSA) is 113 Å². The number of carbonyl (C=O) groups is 3. The molecule has 0 aliphatic rings. The first kappa shape index (κ1) is 20.8. The molecule has 0 heterocycles. The molecule has 20 heavy (non-hydrogen) atoms. The number of carbonyl (C=O) groups excluding carboxylic acids is 2. The van der Waals surface area contributed by atoms with Gasteiger partial charge in [0.15, 0.2) is 0 Å². The van der Waals surface area contributed by atoms with Crippen molar-refractivity contribution in [3.8, 4) is 0 Å².